The Morgan fingerprint density at radius 3 is 2.77 bits per heavy atom. The summed E-state index contributed by atoms with van der Waals surface area (Å²) in [5, 5.41) is 2.33. The van der Waals surface area contributed by atoms with Gasteiger partial charge in [0.2, 0.25) is 5.91 Å². The molecular formula is C24H33N4O2P. The monoisotopic (exact) mass is 440 g/mol. The topological polar surface area (TPSA) is 48.9 Å². The van der Waals surface area contributed by atoms with Crippen molar-refractivity contribution in [3.8, 4) is 0 Å². The van der Waals surface area contributed by atoms with E-state index in [0.29, 0.717) is 12.5 Å². The van der Waals surface area contributed by atoms with Crippen molar-refractivity contribution >= 4 is 37.0 Å². The van der Waals surface area contributed by atoms with Crippen LogP contribution in [-0.4, -0.2) is 79.7 Å². The van der Waals surface area contributed by atoms with Gasteiger partial charge in [0.1, 0.15) is 0 Å². The lowest BCUT2D eigenvalue weighted by molar-refractivity contribution is -0.134. The highest BCUT2D eigenvalue weighted by Crippen LogP contribution is 2.43. The first-order chi connectivity index (χ1) is 15.1. The number of benzene rings is 1. The van der Waals surface area contributed by atoms with E-state index in [1.165, 1.54) is 23.9 Å². The molecule has 3 atom stereocenters. The summed E-state index contributed by atoms with van der Waals surface area (Å²) in [6.45, 7) is 5.61. The lowest BCUT2D eigenvalue weighted by Gasteiger charge is -2.43. The van der Waals surface area contributed by atoms with Crippen LogP contribution in [0.2, 0.25) is 0 Å². The molecule has 2 aromatic rings. The first-order valence-electron chi connectivity index (χ1n) is 11.5. The number of hydrogen-bond acceptors (Lipinski definition) is 5. The quantitative estimate of drug-likeness (QED) is 0.667. The molecule has 2 saturated heterocycles. The van der Waals surface area contributed by atoms with Crippen molar-refractivity contribution in [1.82, 2.24) is 14.8 Å². The Morgan fingerprint density at radius 2 is 2.00 bits per heavy atom. The molecule has 0 bridgehead atoms. The van der Waals surface area contributed by atoms with Crippen LogP contribution in [-0.2, 0) is 9.53 Å². The Bertz CT molecular complexity index is 944. The summed E-state index contributed by atoms with van der Waals surface area (Å²) in [5.74, 6) is 1.70. The molecule has 31 heavy (non-hydrogen) atoms. The van der Waals surface area contributed by atoms with E-state index in [1.807, 2.05) is 24.2 Å². The SMILES string of the molecule is CN(C(=O)CN1CCOCC1)C1CC(C2CC2)CN(c2ccc(P)c3ncccc23)C1. The summed E-state index contributed by atoms with van der Waals surface area (Å²) < 4.78 is 5.43. The van der Waals surface area contributed by atoms with E-state index in [2.05, 4.69) is 42.2 Å². The molecule has 0 spiro atoms. The number of likely N-dealkylation sites (N-methyl/N-ethyl adjacent to an activating group) is 1. The molecule has 2 aliphatic heterocycles. The highest BCUT2D eigenvalue weighted by atomic mass is 31.0. The summed E-state index contributed by atoms with van der Waals surface area (Å²) in [4.78, 5) is 24.5. The Balaban J connectivity index is 1.37. The van der Waals surface area contributed by atoms with Crippen LogP contribution in [0.25, 0.3) is 10.9 Å². The maximum atomic E-state index is 13.1. The minimum absolute atomic E-state index is 0.232. The molecule has 3 unspecified atom stereocenters. The molecule has 1 aromatic heterocycles. The first kappa shape index (κ1) is 21.1. The third-order valence-corrected chi connectivity index (χ3v) is 7.74. The average Bonchev–Trinajstić information content (AvgIpc) is 3.65. The number of aromatic nitrogens is 1. The van der Waals surface area contributed by atoms with Crippen molar-refractivity contribution in [3.63, 3.8) is 0 Å². The number of amides is 1. The summed E-state index contributed by atoms with van der Waals surface area (Å²) in [5.41, 5.74) is 2.30. The number of nitrogens with zero attached hydrogens (tertiary/aromatic N) is 4. The maximum absolute atomic E-state index is 13.1. The molecule has 3 fully saturated rings. The molecule has 3 aliphatic rings. The van der Waals surface area contributed by atoms with Gasteiger partial charge >= 0.3 is 0 Å². The van der Waals surface area contributed by atoms with Crippen LogP contribution in [0.4, 0.5) is 5.69 Å². The van der Waals surface area contributed by atoms with Gasteiger partial charge in [-0.05, 0) is 54.6 Å². The van der Waals surface area contributed by atoms with Crippen molar-refractivity contribution in [2.24, 2.45) is 11.8 Å². The van der Waals surface area contributed by atoms with Crippen molar-refractivity contribution in [1.29, 1.82) is 0 Å². The van der Waals surface area contributed by atoms with Crippen LogP contribution in [0.15, 0.2) is 30.5 Å². The highest BCUT2D eigenvalue weighted by Gasteiger charge is 2.40. The van der Waals surface area contributed by atoms with Gasteiger partial charge in [-0.2, -0.15) is 0 Å². The third-order valence-electron chi connectivity index (χ3n) is 7.27. The number of piperidine rings is 1. The number of ether oxygens (including phenoxy) is 1. The van der Waals surface area contributed by atoms with E-state index < -0.39 is 0 Å². The van der Waals surface area contributed by atoms with Gasteiger partial charge in [-0.25, -0.2) is 0 Å². The fourth-order valence-corrected chi connectivity index (χ4v) is 5.54. The van der Waals surface area contributed by atoms with Gasteiger partial charge in [0, 0.05) is 56.5 Å². The predicted molar refractivity (Wildman–Crippen MR) is 128 cm³/mol. The van der Waals surface area contributed by atoms with Crippen LogP contribution in [0.3, 0.4) is 0 Å². The van der Waals surface area contributed by atoms with Gasteiger partial charge in [-0.15, -0.1) is 9.24 Å². The van der Waals surface area contributed by atoms with Crippen LogP contribution in [0.5, 0.6) is 0 Å². The van der Waals surface area contributed by atoms with Crippen LogP contribution in [0, 0.1) is 11.8 Å². The summed E-state index contributed by atoms with van der Waals surface area (Å²) in [6, 6.07) is 8.82. The number of carbonyl (C=O) groups is 1. The molecule has 1 amide bonds. The van der Waals surface area contributed by atoms with Crippen molar-refractivity contribution < 1.29 is 9.53 Å². The summed E-state index contributed by atoms with van der Waals surface area (Å²) in [7, 11) is 4.81. The Kier molecular flexibility index (Phi) is 6.14. The average molecular weight is 441 g/mol. The number of carbonyl (C=O) groups excluding carboxylic acids is 1. The molecule has 7 heteroatoms. The number of anilines is 1. The van der Waals surface area contributed by atoms with Gasteiger partial charge in [0.15, 0.2) is 0 Å². The van der Waals surface area contributed by atoms with Crippen LogP contribution >= 0.6 is 9.24 Å². The van der Waals surface area contributed by atoms with Crippen molar-refractivity contribution in [2.45, 2.75) is 25.3 Å². The number of hydrogen-bond donors (Lipinski definition) is 0. The van der Waals surface area contributed by atoms with Gasteiger partial charge in [-0.1, -0.05) is 6.07 Å². The second-order valence-corrected chi connectivity index (χ2v) is 9.98. The molecule has 0 radical (unpaired) electrons. The molecule has 1 saturated carbocycles. The Labute approximate surface area is 187 Å². The minimum Gasteiger partial charge on any atom is -0.379 e. The second-order valence-electron chi connectivity index (χ2n) is 9.36. The van der Waals surface area contributed by atoms with E-state index >= 15 is 0 Å². The predicted octanol–water partition coefficient (Wildman–Crippen LogP) is 2.13. The van der Waals surface area contributed by atoms with E-state index in [-0.39, 0.29) is 11.9 Å². The highest BCUT2D eigenvalue weighted by molar-refractivity contribution is 7.28. The second kappa shape index (κ2) is 9.01. The third kappa shape index (κ3) is 4.57. The molecular weight excluding hydrogens is 407 g/mol. The normalized spacial score (nSPS) is 25.0. The lowest BCUT2D eigenvalue weighted by atomic mass is 9.88. The van der Waals surface area contributed by atoms with Gasteiger partial charge < -0.3 is 14.5 Å². The smallest absolute Gasteiger partial charge is 0.236 e. The molecule has 0 N–H and O–H groups in total. The largest absolute Gasteiger partial charge is 0.379 e. The van der Waals surface area contributed by atoms with Crippen molar-refractivity contribution in [3.05, 3.63) is 30.5 Å². The minimum atomic E-state index is 0.232. The van der Waals surface area contributed by atoms with E-state index in [1.54, 1.807) is 0 Å². The number of pyridine rings is 1. The molecule has 1 aliphatic carbocycles. The van der Waals surface area contributed by atoms with Crippen molar-refractivity contribution in [2.75, 3.05) is 57.9 Å². The van der Waals surface area contributed by atoms with Gasteiger partial charge in [0.25, 0.3) is 0 Å². The molecule has 5 rings (SSSR count). The molecule has 166 valence electrons. The van der Waals surface area contributed by atoms with E-state index in [4.69, 9.17) is 4.74 Å². The van der Waals surface area contributed by atoms with Gasteiger partial charge in [0.05, 0.1) is 25.3 Å². The summed E-state index contributed by atoms with van der Waals surface area (Å²) in [6.07, 6.45) is 5.65. The maximum Gasteiger partial charge on any atom is 0.236 e. The number of rotatable bonds is 5. The standard InChI is InChI=1S/C24H33N4O2P/c1-26(23(29)16-27-9-11-30-12-10-27)19-13-18(17-4-5-17)14-28(15-19)21-6-7-22(31)24-20(21)3-2-8-25-24/h2-3,6-8,17-19H,4-5,9-16,31H2,1H3. The lowest BCUT2D eigenvalue weighted by Crippen LogP contribution is -2.54. The zero-order valence-corrected chi connectivity index (χ0v) is 19.5. The zero-order chi connectivity index (χ0) is 21.4. The number of morpholine rings is 1. The fourth-order valence-electron chi connectivity index (χ4n) is 5.22. The van der Waals surface area contributed by atoms with E-state index in [0.717, 1.165) is 62.6 Å². The Morgan fingerprint density at radius 1 is 1.19 bits per heavy atom. The molecule has 6 nitrogen and oxygen atoms in total. The van der Waals surface area contributed by atoms with E-state index in [9.17, 15) is 4.79 Å². The zero-order valence-electron chi connectivity index (χ0n) is 18.4. The Hall–Kier alpha value is -1.75. The summed E-state index contributed by atoms with van der Waals surface area (Å²) >= 11 is 0. The molecule has 1 aromatic carbocycles. The molecule has 3 heterocycles. The van der Waals surface area contributed by atoms with Gasteiger partial charge in [-0.3, -0.25) is 14.7 Å². The first-order valence-corrected chi connectivity index (χ1v) is 12.1. The van der Waals surface area contributed by atoms with Crippen LogP contribution in [0.1, 0.15) is 19.3 Å². The fraction of sp³-hybridized carbons (Fsp3) is 0.583. The number of fused-ring (bicyclic) bond motifs is 1. The van der Waals surface area contributed by atoms with Crippen LogP contribution < -0.4 is 10.2 Å².